The molecule has 0 aromatic carbocycles. The van der Waals surface area contributed by atoms with Gasteiger partial charge in [0.1, 0.15) is 0 Å². The first kappa shape index (κ1) is 7.28. The Morgan fingerprint density at radius 3 is 1.70 bits per heavy atom. The van der Waals surface area contributed by atoms with Gasteiger partial charge in [-0.15, -0.1) is 22.7 Å². The van der Waals surface area contributed by atoms with Crippen molar-refractivity contribution in [1.82, 2.24) is 0 Å². The molecule has 2 rings (SSSR count). The van der Waals surface area contributed by atoms with E-state index >= 15 is 0 Å². The third kappa shape index (κ3) is 1.18. The van der Waals surface area contributed by atoms with Crippen molar-refractivity contribution in [2.24, 2.45) is 0 Å². The van der Waals surface area contributed by atoms with Gasteiger partial charge in [-0.1, -0.05) is 0 Å². The van der Waals surface area contributed by atoms with E-state index in [4.69, 9.17) is 0 Å². The van der Waals surface area contributed by atoms with Gasteiger partial charge in [0.25, 0.3) is 0 Å². The Kier molecular flexibility index (Phi) is 1.88. The zero-order valence-electron chi connectivity index (χ0n) is 4.73. The monoisotopic (exact) mass is 296 g/mol. The lowest BCUT2D eigenvalue weighted by atomic mass is 10.5. The van der Waals surface area contributed by atoms with E-state index in [1.165, 1.54) is 17.0 Å². The van der Waals surface area contributed by atoms with Crippen LogP contribution in [0.15, 0.2) is 19.7 Å². The normalized spacial score (nSPS) is 11.0. The molecule has 0 unspecified atom stereocenters. The summed E-state index contributed by atoms with van der Waals surface area (Å²) in [5.41, 5.74) is 0. The summed E-state index contributed by atoms with van der Waals surface area (Å²) in [6.07, 6.45) is 0. The summed E-state index contributed by atoms with van der Waals surface area (Å²) < 4.78 is 5.12. The summed E-state index contributed by atoms with van der Waals surface area (Å²) >= 11 is 10.4. The summed E-state index contributed by atoms with van der Waals surface area (Å²) in [5.74, 6) is 0. The Morgan fingerprint density at radius 2 is 1.30 bits per heavy atom. The van der Waals surface area contributed by atoms with E-state index in [0.29, 0.717) is 0 Å². The zero-order valence-corrected chi connectivity index (χ0v) is 9.53. The van der Waals surface area contributed by atoms with Crippen LogP contribution in [0, 0.1) is 0 Å². The van der Waals surface area contributed by atoms with Crippen molar-refractivity contribution in [1.29, 1.82) is 0 Å². The Balaban J connectivity index is 2.83. The minimum atomic E-state index is 1.21. The van der Waals surface area contributed by atoms with E-state index < -0.39 is 0 Å². The highest BCUT2D eigenvalue weighted by molar-refractivity contribution is 9.11. The fourth-order valence-electron chi connectivity index (χ4n) is 0.777. The highest BCUT2D eigenvalue weighted by Gasteiger charge is 2.02. The fraction of sp³-hybridized carbons (Fsp3) is 0. The number of rotatable bonds is 0. The quantitative estimate of drug-likeness (QED) is 0.672. The van der Waals surface area contributed by atoms with Crippen LogP contribution in [0.3, 0.4) is 0 Å². The number of hydrogen-bond donors (Lipinski definition) is 0. The Labute approximate surface area is 83.1 Å². The van der Waals surface area contributed by atoms with Crippen molar-refractivity contribution in [2.45, 2.75) is 0 Å². The first-order valence-corrected chi connectivity index (χ1v) is 5.82. The van der Waals surface area contributed by atoms with Crippen LogP contribution in [0.4, 0.5) is 0 Å². The molecule has 0 nitrogen and oxygen atoms in total. The van der Waals surface area contributed by atoms with Gasteiger partial charge >= 0.3 is 0 Å². The van der Waals surface area contributed by atoms with Crippen LogP contribution in [-0.4, -0.2) is 0 Å². The molecule has 0 saturated heterocycles. The lowest BCUT2D eigenvalue weighted by Gasteiger charge is -1.71. The molecule has 0 radical (unpaired) electrons. The number of halogens is 2. The predicted octanol–water partition coefficient (Wildman–Crippen LogP) is 4.49. The molecule has 0 bridgehead atoms. The summed E-state index contributed by atoms with van der Waals surface area (Å²) in [7, 11) is 0. The summed E-state index contributed by atoms with van der Waals surface area (Å²) in [6.45, 7) is 0. The van der Waals surface area contributed by atoms with Crippen LogP contribution in [0.25, 0.3) is 9.40 Å². The average Bonchev–Trinajstić information content (AvgIpc) is 2.21. The molecular formula is C6H2Br2S2. The highest BCUT2D eigenvalue weighted by atomic mass is 79.9. The molecule has 2 aromatic heterocycles. The van der Waals surface area contributed by atoms with Gasteiger partial charge in [-0.05, 0) is 44.0 Å². The predicted molar refractivity (Wildman–Crippen MR) is 55.1 cm³/mol. The average molecular weight is 298 g/mol. The van der Waals surface area contributed by atoms with E-state index in [1.54, 1.807) is 22.7 Å². The molecule has 2 heterocycles. The van der Waals surface area contributed by atoms with Crippen LogP contribution in [0.2, 0.25) is 0 Å². The van der Waals surface area contributed by atoms with Crippen molar-refractivity contribution in [3.8, 4) is 0 Å². The third-order valence-corrected chi connectivity index (χ3v) is 4.45. The fourth-order valence-corrected chi connectivity index (χ4v) is 4.43. The van der Waals surface area contributed by atoms with Crippen LogP contribution >= 0.6 is 54.5 Å². The van der Waals surface area contributed by atoms with Crippen molar-refractivity contribution in [3.05, 3.63) is 19.7 Å². The molecule has 0 amide bonds. The van der Waals surface area contributed by atoms with Crippen LogP contribution < -0.4 is 0 Å². The van der Waals surface area contributed by atoms with E-state index in [0.717, 1.165) is 0 Å². The van der Waals surface area contributed by atoms with Gasteiger partial charge in [0.05, 0.1) is 7.57 Å². The highest BCUT2D eigenvalue weighted by Crippen LogP contribution is 2.37. The minimum Gasteiger partial charge on any atom is -0.127 e. The Morgan fingerprint density at radius 1 is 0.900 bits per heavy atom. The Hall–Kier alpha value is 0.620. The molecule has 0 atom stereocenters. The van der Waals surface area contributed by atoms with Crippen LogP contribution in [0.5, 0.6) is 0 Å². The van der Waals surface area contributed by atoms with Gasteiger partial charge in [0.15, 0.2) is 0 Å². The van der Waals surface area contributed by atoms with Crippen molar-refractivity contribution in [2.75, 3.05) is 0 Å². The summed E-state index contributed by atoms with van der Waals surface area (Å²) in [6, 6.07) is 4.30. The van der Waals surface area contributed by atoms with Crippen LogP contribution in [-0.2, 0) is 0 Å². The minimum absolute atomic E-state index is 1.21. The van der Waals surface area contributed by atoms with E-state index in [-0.39, 0.29) is 0 Å². The maximum Gasteiger partial charge on any atom is 0.0719 e. The van der Waals surface area contributed by atoms with Crippen molar-refractivity contribution < 1.29 is 0 Å². The zero-order chi connectivity index (χ0) is 7.14. The van der Waals surface area contributed by atoms with Crippen molar-refractivity contribution >= 4 is 63.9 Å². The SMILES string of the molecule is Brc1cc2sc(Br)cc2s1. The number of hydrogen-bond acceptors (Lipinski definition) is 2. The molecule has 0 N–H and O–H groups in total. The van der Waals surface area contributed by atoms with Crippen molar-refractivity contribution in [3.63, 3.8) is 0 Å². The lowest BCUT2D eigenvalue weighted by molar-refractivity contribution is 2.12. The lowest BCUT2D eigenvalue weighted by Crippen LogP contribution is -1.37. The molecule has 4 heteroatoms. The van der Waals surface area contributed by atoms with E-state index in [9.17, 15) is 0 Å². The maximum absolute atomic E-state index is 3.44. The van der Waals surface area contributed by atoms with Gasteiger partial charge in [-0.2, -0.15) is 0 Å². The molecular weight excluding hydrogens is 296 g/mol. The van der Waals surface area contributed by atoms with E-state index in [1.807, 2.05) is 0 Å². The second-order valence-corrected chi connectivity index (χ2v) is 6.76. The van der Waals surface area contributed by atoms with Gasteiger partial charge in [-0.25, -0.2) is 0 Å². The molecule has 2 aromatic rings. The molecule has 0 aliphatic rings. The molecule has 0 fully saturated rings. The van der Waals surface area contributed by atoms with E-state index in [2.05, 4.69) is 44.0 Å². The first-order chi connectivity index (χ1) is 4.75. The number of fused-ring (bicyclic) bond motifs is 1. The van der Waals surface area contributed by atoms with Gasteiger partial charge in [0.2, 0.25) is 0 Å². The summed E-state index contributed by atoms with van der Waals surface area (Å²) in [5, 5.41) is 0. The second kappa shape index (κ2) is 2.59. The molecule has 0 aliphatic carbocycles. The first-order valence-electron chi connectivity index (χ1n) is 2.60. The molecule has 0 saturated carbocycles. The van der Waals surface area contributed by atoms with Gasteiger partial charge < -0.3 is 0 Å². The topological polar surface area (TPSA) is 0 Å². The summed E-state index contributed by atoms with van der Waals surface area (Å²) in [4.78, 5) is 0. The van der Waals surface area contributed by atoms with Gasteiger partial charge in [0, 0.05) is 9.40 Å². The largest absolute Gasteiger partial charge is 0.127 e. The smallest absolute Gasteiger partial charge is 0.0719 e. The number of thiophene rings is 2. The van der Waals surface area contributed by atoms with Gasteiger partial charge in [-0.3, -0.25) is 0 Å². The Bertz CT molecular complexity index is 298. The molecule has 52 valence electrons. The standard InChI is InChI=1S/C6H2Br2S2/c7-5-1-3-4(10-5)2-6(8)9-3/h1-2H. The second-order valence-electron chi connectivity index (χ2n) is 1.83. The third-order valence-electron chi connectivity index (χ3n) is 1.15. The molecule has 10 heavy (non-hydrogen) atoms. The maximum atomic E-state index is 3.44. The van der Waals surface area contributed by atoms with Crippen LogP contribution in [0.1, 0.15) is 0 Å². The molecule has 0 spiro atoms. The molecule has 0 aliphatic heterocycles.